The molecule has 2 atom stereocenters. The minimum Gasteiger partial charge on any atom is -0.378 e. The molecule has 5 nitrogen and oxygen atoms in total. The molecule has 1 aliphatic carbocycles. The van der Waals surface area contributed by atoms with Gasteiger partial charge in [-0.2, -0.15) is 0 Å². The van der Waals surface area contributed by atoms with E-state index in [4.69, 9.17) is 0 Å². The van der Waals surface area contributed by atoms with Crippen molar-refractivity contribution in [3.8, 4) is 0 Å². The van der Waals surface area contributed by atoms with E-state index in [0.29, 0.717) is 17.9 Å². The number of allylic oxidation sites excluding steroid dienone is 1. The predicted molar refractivity (Wildman–Crippen MR) is 92.9 cm³/mol. The first-order valence-corrected chi connectivity index (χ1v) is 8.99. The van der Waals surface area contributed by atoms with E-state index in [-0.39, 0.29) is 11.8 Å². The predicted octanol–water partition coefficient (Wildman–Crippen LogP) is 1.31. The Balaban J connectivity index is 1.70. The molecule has 1 aliphatic heterocycles. The smallest absolute Gasteiger partial charge is 0.250 e. The van der Waals surface area contributed by atoms with Crippen molar-refractivity contribution < 1.29 is 9.90 Å². The molecule has 0 aromatic rings. The number of hydrogen-bond acceptors (Lipinski definition) is 4. The summed E-state index contributed by atoms with van der Waals surface area (Å²) in [5.74, 6) is 0.683. The van der Waals surface area contributed by atoms with Crippen LogP contribution in [0.4, 0.5) is 0 Å². The summed E-state index contributed by atoms with van der Waals surface area (Å²) in [5.41, 5.74) is 0.711. The SMILES string of the molecule is CCCCNC(=O)C1=CCC(C(O)NCC2CCNCC2)C=C1. The Morgan fingerprint density at radius 3 is 2.87 bits per heavy atom. The third-order valence-electron chi connectivity index (χ3n) is 4.69. The average Bonchev–Trinajstić information content (AvgIpc) is 2.61. The van der Waals surface area contributed by atoms with Gasteiger partial charge in [-0.3, -0.25) is 10.1 Å². The highest BCUT2D eigenvalue weighted by Crippen LogP contribution is 2.19. The number of carbonyl (C=O) groups is 1. The zero-order valence-electron chi connectivity index (χ0n) is 14.2. The van der Waals surface area contributed by atoms with Crippen LogP contribution in [0.1, 0.15) is 39.0 Å². The van der Waals surface area contributed by atoms with Crippen LogP contribution >= 0.6 is 0 Å². The van der Waals surface area contributed by atoms with Crippen molar-refractivity contribution in [3.63, 3.8) is 0 Å². The lowest BCUT2D eigenvalue weighted by Crippen LogP contribution is -2.41. The summed E-state index contributed by atoms with van der Waals surface area (Å²) in [6, 6.07) is 0. The summed E-state index contributed by atoms with van der Waals surface area (Å²) in [6.07, 6.45) is 10.3. The summed E-state index contributed by atoms with van der Waals surface area (Å²) in [5, 5.41) is 19.8. The van der Waals surface area contributed by atoms with Gasteiger partial charge in [-0.25, -0.2) is 0 Å². The van der Waals surface area contributed by atoms with Gasteiger partial charge in [-0.1, -0.05) is 31.6 Å². The molecular weight excluding hydrogens is 290 g/mol. The summed E-state index contributed by atoms with van der Waals surface area (Å²) < 4.78 is 0. The number of nitrogens with one attached hydrogen (secondary N) is 3. The van der Waals surface area contributed by atoms with E-state index in [1.54, 1.807) is 0 Å². The van der Waals surface area contributed by atoms with Gasteiger partial charge in [-0.15, -0.1) is 0 Å². The van der Waals surface area contributed by atoms with Crippen molar-refractivity contribution in [1.82, 2.24) is 16.0 Å². The summed E-state index contributed by atoms with van der Waals surface area (Å²) in [7, 11) is 0. The van der Waals surface area contributed by atoms with E-state index < -0.39 is 6.23 Å². The first kappa shape index (κ1) is 18.2. The number of aliphatic hydroxyl groups excluding tert-OH is 1. The van der Waals surface area contributed by atoms with Crippen LogP contribution in [0, 0.1) is 11.8 Å². The molecule has 0 spiro atoms. The second-order valence-corrected chi connectivity index (χ2v) is 6.57. The van der Waals surface area contributed by atoms with Gasteiger partial charge in [0, 0.05) is 24.6 Å². The fraction of sp³-hybridized carbons (Fsp3) is 0.722. The summed E-state index contributed by atoms with van der Waals surface area (Å²) in [4.78, 5) is 12.0. The van der Waals surface area contributed by atoms with Gasteiger partial charge in [0.05, 0.1) is 0 Å². The van der Waals surface area contributed by atoms with Gasteiger partial charge in [0.2, 0.25) is 0 Å². The van der Waals surface area contributed by atoms with E-state index >= 15 is 0 Å². The fourth-order valence-corrected chi connectivity index (χ4v) is 3.04. The Hall–Kier alpha value is -1.17. The van der Waals surface area contributed by atoms with Crippen LogP contribution in [0.15, 0.2) is 23.8 Å². The lowest BCUT2D eigenvalue weighted by atomic mass is 9.93. The number of aliphatic hydroxyl groups is 1. The van der Waals surface area contributed by atoms with Crippen LogP contribution < -0.4 is 16.0 Å². The minimum atomic E-state index is -0.540. The van der Waals surface area contributed by atoms with Crippen molar-refractivity contribution in [3.05, 3.63) is 23.8 Å². The lowest BCUT2D eigenvalue weighted by molar-refractivity contribution is -0.117. The van der Waals surface area contributed by atoms with Crippen LogP contribution in [0.5, 0.6) is 0 Å². The van der Waals surface area contributed by atoms with Gasteiger partial charge >= 0.3 is 0 Å². The first-order chi connectivity index (χ1) is 11.2. The van der Waals surface area contributed by atoms with Gasteiger partial charge < -0.3 is 15.7 Å². The largest absolute Gasteiger partial charge is 0.378 e. The van der Waals surface area contributed by atoms with Crippen LogP contribution in [-0.2, 0) is 4.79 Å². The van der Waals surface area contributed by atoms with Crippen LogP contribution in [0.3, 0.4) is 0 Å². The number of piperidine rings is 1. The molecule has 1 amide bonds. The minimum absolute atomic E-state index is 0.00898. The van der Waals surface area contributed by atoms with Crippen molar-refractivity contribution in [2.24, 2.45) is 11.8 Å². The molecule has 0 aromatic heterocycles. The van der Waals surface area contributed by atoms with Crippen LogP contribution in [0.25, 0.3) is 0 Å². The second-order valence-electron chi connectivity index (χ2n) is 6.57. The average molecular weight is 321 g/mol. The Morgan fingerprint density at radius 1 is 1.43 bits per heavy atom. The Kier molecular flexibility index (Phi) is 7.79. The van der Waals surface area contributed by atoms with E-state index in [2.05, 4.69) is 22.9 Å². The van der Waals surface area contributed by atoms with Gasteiger partial charge in [0.1, 0.15) is 6.23 Å². The zero-order chi connectivity index (χ0) is 16.5. The van der Waals surface area contributed by atoms with E-state index in [0.717, 1.165) is 39.0 Å². The van der Waals surface area contributed by atoms with Crippen LogP contribution in [-0.4, -0.2) is 43.4 Å². The van der Waals surface area contributed by atoms with Crippen molar-refractivity contribution in [1.29, 1.82) is 0 Å². The fourth-order valence-electron chi connectivity index (χ4n) is 3.04. The third kappa shape index (κ3) is 6.09. The molecule has 0 saturated carbocycles. The number of hydrogen-bond donors (Lipinski definition) is 4. The van der Waals surface area contributed by atoms with E-state index in [1.807, 2.05) is 18.2 Å². The van der Waals surface area contributed by atoms with Crippen molar-refractivity contribution in [2.75, 3.05) is 26.2 Å². The molecular formula is C18H31N3O2. The molecule has 1 saturated heterocycles. The Morgan fingerprint density at radius 2 is 2.22 bits per heavy atom. The Labute approximate surface area is 139 Å². The normalized spacial score (nSPS) is 23.4. The maximum absolute atomic E-state index is 12.0. The maximum Gasteiger partial charge on any atom is 0.250 e. The molecule has 2 rings (SSSR count). The van der Waals surface area contributed by atoms with E-state index in [9.17, 15) is 9.90 Å². The van der Waals surface area contributed by atoms with E-state index in [1.165, 1.54) is 12.8 Å². The highest BCUT2D eigenvalue weighted by molar-refractivity contribution is 5.96. The molecule has 0 radical (unpaired) electrons. The monoisotopic (exact) mass is 321 g/mol. The van der Waals surface area contributed by atoms with Crippen LogP contribution in [0.2, 0.25) is 0 Å². The number of unbranched alkanes of at least 4 members (excludes halogenated alkanes) is 1. The molecule has 0 bridgehead atoms. The molecule has 4 N–H and O–H groups in total. The summed E-state index contributed by atoms with van der Waals surface area (Å²) in [6.45, 7) is 5.84. The molecule has 0 aromatic carbocycles. The van der Waals surface area contributed by atoms with Gasteiger partial charge in [0.15, 0.2) is 0 Å². The van der Waals surface area contributed by atoms with Crippen molar-refractivity contribution >= 4 is 5.91 Å². The number of carbonyl (C=O) groups excluding carboxylic acids is 1. The first-order valence-electron chi connectivity index (χ1n) is 8.99. The quantitative estimate of drug-likeness (QED) is 0.402. The molecule has 130 valence electrons. The second kappa shape index (κ2) is 9.85. The van der Waals surface area contributed by atoms with Crippen molar-refractivity contribution in [2.45, 2.75) is 45.3 Å². The standard InChI is InChI=1S/C18H31N3O2/c1-2-3-10-20-17(22)15-4-6-16(7-5-15)18(23)21-13-14-8-11-19-12-9-14/h4-6,14,16,18-19,21,23H,2-3,7-13H2,1H3,(H,20,22). The van der Waals surface area contributed by atoms with Gasteiger partial charge in [-0.05, 0) is 44.7 Å². The molecule has 2 unspecified atom stereocenters. The number of amides is 1. The molecule has 2 aliphatic rings. The highest BCUT2D eigenvalue weighted by atomic mass is 16.3. The topological polar surface area (TPSA) is 73.4 Å². The Bertz CT molecular complexity index is 428. The number of rotatable bonds is 8. The zero-order valence-corrected chi connectivity index (χ0v) is 14.2. The maximum atomic E-state index is 12.0. The lowest BCUT2D eigenvalue weighted by Gasteiger charge is -2.27. The molecule has 1 fully saturated rings. The molecule has 1 heterocycles. The molecule has 5 heteroatoms. The highest BCUT2D eigenvalue weighted by Gasteiger charge is 2.21. The molecule has 23 heavy (non-hydrogen) atoms. The summed E-state index contributed by atoms with van der Waals surface area (Å²) >= 11 is 0. The third-order valence-corrected chi connectivity index (χ3v) is 4.69. The van der Waals surface area contributed by atoms with Gasteiger partial charge in [0.25, 0.3) is 5.91 Å².